The first-order valence-corrected chi connectivity index (χ1v) is 7.99. The van der Waals surface area contributed by atoms with Crippen molar-refractivity contribution in [2.24, 2.45) is 0 Å². The molecular formula is C13H16ClN5OS. The van der Waals surface area contributed by atoms with E-state index in [0.29, 0.717) is 31.7 Å². The summed E-state index contributed by atoms with van der Waals surface area (Å²) in [5, 5.41) is 5.49. The molecule has 1 aliphatic rings. The Kier molecular flexibility index (Phi) is 4.52. The van der Waals surface area contributed by atoms with E-state index in [9.17, 15) is 0 Å². The quantitative estimate of drug-likeness (QED) is 0.931. The SMILES string of the molecule is Cc1ccsc1CNc1nc(Cl)nc(N2CCOCC2)n1. The lowest BCUT2D eigenvalue weighted by molar-refractivity contribution is 0.122. The van der Waals surface area contributed by atoms with Gasteiger partial charge in [0.2, 0.25) is 17.2 Å². The van der Waals surface area contributed by atoms with Crippen molar-refractivity contribution in [2.75, 3.05) is 36.5 Å². The third-order valence-electron chi connectivity index (χ3n) is 3.27. The summed E-state index contributed by atoms with van der Waals surface area (Å²) >= 11 is 7.72. The maximum Gasteiger partial charge on any atom is 0.231 e. The molecule has 2 aromatic heterocycles. The molecule has 0 bridgehead atoms. The van der Waals surface area contributed by atoms with Gasteiger partial charge in [0.1, 0.15) is 0 Å². The molecule has 3 heterocycles. The van der Waals surface area contributed by atoms with Crippen LogP contribution in [0.3, 0.4) is 0 Å². The maximum absolute atomic E-state index is 6.00. The van der Waals surface area contributed by atoms with Crippen LogP contribution in [0.2, 0.25) is 5.28 Å². The van der Waals surface area contributed by atoms with Gasteiger partial charge in [-0.15, -0.1) is 11.3 Å². The van der Waals surface area contributed by atoms with Crippen molar-refractivity contribution >= 4 is 34.8 Å². The zero-order valence-electron chi connectivity index (χ0n) is 11.7. The van der Waals surface area contributed by atoms with E-state index in [1.807, 2.05) is 0 Å². The summed E-state index contributed by atoms with van der Waals surface area (Å²) in [7, 11) is 0. The van der Waals surface area contributed by atoms with Gasteiger partial charge in [0.25, 0.3) is 0 Å². The lowest BCUT2D eigenvalue weighted by atomic mass is 10.3. The van der Waals surface area contributed by atoms with Gasteiger partial charge < -0.3 is 15.0 Å². The van der Waals surface area contributed by atoms with Gasteiger partial charge in [-0.2, -0.15) is 15.0 Å². The molecule has 112 valence electrons. The number of ether oxygens (including phenoxy) is 1. The fourth-order valence-electron chi connectivity index (χ4n) is 2.07. The van der Waals surface area contributed by atoms with E-state index in [4.69, 9.17) is 16.3 Å². The van der Waals surface area contributed by atoms with Crippen molar-refractivity contribution in [1.82, 2.24) is 15.0 Å². The van der Waals surface area contributed by atoms with Crippen molar-refractivity contribution in [2.45, 2.75) is 13.5 Å². The molecule has 0 radical (unpaired) electrons. The van der Waals surface area contributed by atoms with Crippen molar-refractivity contribution in [1.29, 1.82) is 0 Å². The Labute approximate surface area is 132 Å². The topological polar surface area (TPSA) is 63.2 Å². The highest BCUT2D eigenvalue weighted by Crippen LogP contribution is 2.18. The number of hydrogen-bond donors (Lipinski definition) is 1. The van der Waals surface area contributed by atoms with Crippen molar-refractivity contribution in [3.05, 3.63) is 27.2 Å². The number of morpholine rings is 1. The van der Waals surface area contributed by atoms with Gasteiger partial charge in [-0.05, 0) is 35.5 Å². The largest absolute Gasteiger partial charge is 0.378 e. The Balaban J connectivity index is 1.73. The summed E-state index contributed by atoms with van der Waals surface area (Å²) in [4.78, 5) is 16.1. The van der Waals surface area contributed by atoms with Crippen LogP contribution in [-0.2, 0) is 11.3 Å². The molecule has 21 heavy (non-hydrogen) atoms. The summed E-state index contributed by atoms with van der Waals surface area (Å²) in [6.45, 7) is 5.67. The molecule has 0 amide bonds. The van der Waals surface area contributed by atoms with Crippen molar-refractivity contribution in [3.8, 4) is 0 Å². The number of hydrogen-bond acceptors (Lipinski definition) is 7. The van der Waals surface area contributed by atoms with E-state index in [2.05, 4.69) is 43.5 Å². The van der Waals surface area contributed by atoms with Gasteiger partial charge in [0.05, 0.1) is 19.8 Å². The summed E-state index contributed by atoms with van der Waals surface area (Å²) in [5.41, 5.74) is 1.26. The van der Waals surface area contributed by atoms with Crippen LogP contribution in [0.5, 0.6) is 0 Å². The normalized spacial score (nSPS) is 15.2. The maximum atomic E-state index is 6.00. The predicted octanol–water partition coefficient (Wildman–Crippen LogP) is 2.34. The number of aryl methyl sites for hydroxylation is 1. The number of thiophene rings is 1. The molecule has 0 unspecified atom stereocenters. The van der Waals surface area contributed by atoms with E-state index in [0.717, 1.165) is 13.1 Å². The molecule has 1 fully saturated rings. The standard InChI is InChI=1S/C13H16ClN5OS/c1-9-2-7-21-10(9)8-15-12-16-11(14)17-13(18-12)19-3-5-20-6-4-19/h2,7H,3-6,8H2,1H3,(H,15,16,17,18). The van der Waals surface area contributed by atoms with Gasteiger partial charge in [0, 0.05) is 18.0 Å². The highest BCUT2D eigenvalue weighted by molar-refractivity contribution is 7.10. The average Bonchev–Trinajstić information content (AvgIpc) is 2.91. The number of rotatable bonds is 4. The molecular weight excluding hydrogens is 310 g/mol. The third-order valence-corrected chi connectivity index (χ3v) is 4.46. The van der Waals surface area contributed by atoms with Gasteiger partial charge in [0.15, 0.2) is 0 Å². The summed E-state index contributed by atoms with van der Waals surface area (Å²) in [6, 6.07) is 2.10. The van der Waals surface area contributed by atoms with Crippen LogP contribution in [-0.4, -0.2) is 41.3 Å². The van der Waals surface area contributed by atoms with E-state index in [-0.39, 0.29) is 5.28 Å². The molecule has 8 heteroatoms. The van der Waals surface area contributed by atoms with Crippen LogP contribution < -0.4 is 10.2 Å². The minimum Gasteiger partial charge on any atom is -0.378 e. The van der Waals surface area contributed by atoms with Crippen LogP contribution >= 0.6 is 22.9 Å². The van der Waals surface area contributed by atoms with E-state index in [1.165, 1.54) is 10.4 Å². The second-order valence-electron chi connectivity index (χ2n) is 4.71. The second-order valence-corrected chi connectivity index (χ2v) is 6.05. The van der Waals surface area contributed by atoms with Gasteiger partial charge in [-0.3, -0.25) is 0 Å². The first kappa shape index (κ1) is 14.5. The minimum absolute atomic E-state index is 0.205. The monoisotopic (exact) mass is 325 g/mol. The van der Waals surface area contributed by atoms with Gasteiger partial charge in [-0.1, -0.05) is 0 Å². The Morgan fingerprint density at radius 3 is 2.86 bits per heavy atom. The van der Waals surface area contributed by atoms with Crippen LogP contribution in [0.15, 0.2) is 11.4 Å². The Hall–Kier alpha value is -1.44. The highest BCUT2D eigenvalue weighted by Gasteiger charge is 2.16. The number of nitrogens with zero attached hydrogens (tertiary/aromatic N) is 4. The van der Waals surface area contributed by atoms with Crippen molar-refractivity contribution < 1.29 is 4.74 Å². The highest BCUT2D eigenvalue weighted by atomic mass is 35.5. The van der Waals surface area contributed by atoms with Crippen molar-refractivity contribution in [3.63, 3.8) is 0 Å². The second kappa shape index (κ2) is 6.55. The Morgan fingerprint density at radius 1 is 1.33 bits per heavy atom. The molecule has 0 spiro atoms. The van der Waals surface area contributed by atoms with Crippen LogP contribution in [0, 0.1) is 6.92 Å². The molecule has 6 nitrogen and oxygen atoms in total. The zero-order valence-corrected chi connectivity index (χ0v) is 13.2. The molecule has 1 aliphatic heterocycles. The molecule has 0 aliphatic carbocycles. The fourth-order valence-corrected chi connectivity index (χ4v) is 3.07. The Bertz CT molecular complexity index is 614. The molecule has 0 atom stereocenters. The molecule has 2 aromatic rings. The summed E-state index contributed by atoms with van der Waals surface area (Å²) in [5.74, 6) is 1.10. The number of aromatic nitrogens is 3. The summed E-state index contributed by atoms with van der Waals surface area (Å²) < 4.78 is 5.33. The zero-order chi connectivity index (χ0) is 14.7. The van der Waals surface area contributed by atoms with E-state index < -0.39 is 0 Å². The molecule has 0 saturated carbocycles. The third kappa shape index (κ3) is 3.61. The first-order chi connectivity index (χ1) is 10.2. The predicted molar refractivity (Wildman–Crippen MR) is 84.3 cm³/mol. The Morgan fingerprint density at radius 2 is 2.14 bits per heavy atom. The number of nitrogens with one attached hydrogen (secondary N) is 1. The minimum atomic E-state index is 0.205. The smallest absolute Gasteiger partial charge is 0.231 e. The molecule has 3 rings (SSSR count). The van der Waals surface area contributed by atoms with Crippen LogP contribution in [0.4, 0.5) is 11.9 Å². The first-order valence-electron chi connectivity index (χ1n) is 6.73. The fraction of sp³-hybridized carbons (Fsp3) is 0.462. The molecule has 0 aromatic carbocycles. The van der Waals surface area contributed by atoms with Crippen LogP contribution in [0.25, 0.3) is 0 Å². The van der Waals surface area contributed by atoms with Gasteiger partial charge in [-0.25, -0.2) is 0 Å². The average molecular weight is 326 g/mol. The van der Waals surface area contributed by atoms with Crippen LogP contribution in [0.1, 0.15) is 10.4 Å². The van der Waals surface area contributed by atoms with E-state index in [1.54, 1.807) is 11.3 Å². The lowest BCUT2D eigenvalue weighted by Gasteiger charge is -2.26. The molecule has 1 N–H and O–H groups in total. The van der Waals surface area contributed by atoms with E-state index >= 15 is 0 Å². The molecule has 1 saturated heterocycles. The van der Waals surface area contributed by atoms with Gasteiger partial charge >= 0.3 is 0 Å². The lowest BCUT2D eigenvalue weighted by Crippen LogP contribution is -2.37. The summed E-state index contributed by atoms with van der Waals surface area (Å²) in [6.07, 6.45) is 0. The number of anilines is 2. The number of halogens is 1.